The normalized spacial score (nSPS) is 16.3. The van der Waals surface area contributed by atoms with E-state index in [4.69, 9.17) is 21.3 Å². The molecule has 5 nitrogen and oxygen atoms in total. The molecule has 1 fully saturated rings. The molecule has 0 spiro atoms. The Kier molecular flexibility index (Phi) is 6.82. The monoisotopic (exact) mass is 455 g/mol. The molecule has 0 amide bonds. The number of nitrogens with one attached hydrogen (secondary N) is 1. The third kappa shape index (κ3) is 4.81. The second-order valence-corrected chi connectivity index (χ2v) is 8.51. The summed E-state index contributed by atoms with van der Waals surface area (Å²) in [6.07, 6.45) is 3.41. The van der Waals surface area contributed by atoms with E-state index in [0.717, 1.165) is 19.5 Å². The number of hydrogen-bond acceptors (Lipinski definition) is 5. The third-order valence-electron chi connectivity index (χ3n) is 6.01. The van der Waals surface area contributed by atoms with Crippen LogP contribution >= 0.6 is 11.6 Å². The highest BCUT2D eigenvalue weighted by molar-refractivity contribution is 6.33. The van der Waals surface area contributed by atoms with Crippen LogP contribution in [0.25, 0.3) is 22.4 Å². The molecule has 1 aromatic heterocycles. The van der Waals surface area contributed by atoms with Crippen LogP contribution in [0.4, 0.5) is 10.2 Å². The Balaban J connectivity index is 1.70. The summed E-state index contributed by atoms with van der Waals surface area (Å²) in [6, 6.07) is 13.7. The van der Waals surface area contributed by atoms with Crippen LogP contribution in [-0.2, 0) is 0 Å². The molecule has 7 heteroatoms. The molecule has 1 saturated heterocycles. The van der Waals surface area contributed by atoms with Gasteiger partial charge in [-0.3, -0.25) is 0 Å². The van der Waals surface area contributed by atoms with Crippen molar-refractivity contribution in [3.05, 3.63) is 59.4 Å². The molecule has 2 aromatic carbocycles. The number of pyridine rings is 1. The molecule has 0 radical (unpaired) electrons. The summed E-state index contributed by atoms with van der Waals surface area (Å²) in [5, 5.41) is 14.2. The van der Waals surface area contributed by atoms with Crippen LogP contribution in [0.1, 0.15) is 19.3 Å². The van der Waals surface area contributed by atoms with Gasteiger partial charge >= 0.3 is 0 Å². The van der Waals surface area contributed by atoms with Gasteiger partial charge in [-0.05, 0) is 74.8 Å². The smallest absolute Gasteiger partial charge is 0.132 e. The van der Waals surface area contributed by atoms with Crippen molar-refractivity contribution >= 4 is 17.4 Å². The van der Waals surface area contributed by atoms with E-state index in [0.29, 0.717) is 45.0 Å². The van der Waals surface area contributed by atoms with E-state index >= 15 is 0 Å². The topological polar surface area (TPSA) is 57.6 Å². The average molecular weight is 456 g/mol. The van der Waals surface area contributed by atoms with Crippen LogP contribution in [-0.4, -0.2) is 48.3 Å². The molecular weight excluding hydrogens is 429 g/mol. The van der Waals surface area contributed by atoms with Gasteiger partial charge in [-0.1, -0.05) is 17.7 Å². The first-order valence-electron chi connectivity index (χ1n) is 10.7. The quantitative estimate of drug-likeness (QED) is 0.470. The number of hydrogen-bond donors (Lipinski definition) is 2. The largest absolute Gasteiger partial charge is 0.507 e. The number of aromatic nitrogens is 1. The first-order chi connectivity index (χ1) is 15.5. The molecule has 0 bridgehead atoms. The number of phenols is 1. The van der Waals surface area contributed by atoms with Crippen molar-refractivity contribution in [2.75, 3.05) is 32.6 Å². The Morgan fingerprint density at radius 2 is 2.09 bits per heavy atom. The molecule has 1 atom stereocenters. The molecule has 168 valence electrons. The number of phenolic OH excluding ortho intramolecular Hbond substituents is 1. The zero-order valence-electron chi connectivity index (χ0n) is 18.2. The summed E-state index contributed by atoms with van der Waals surface area (Å²) >= 11 is 6.34. The van der Waals surface area contributed by atoms with Crippen LogP contribution in [0, 0.1) is 5.82 Å². The van der Waals surface area contributed by atoms with Crippen molar-refractivity contribution in [3.8, 4) is 33.9 Å². The number of halogens is 2. The Labute approximate surface area is 192 Å². The first kappa shape index (κ1) is 22.4. The molecule has 2 N–H and O–H groups in total. The molecule has 4 rings (SSSR count). The molecular formula is C25H27ClFN3O2. The van der Waals surface area contributed by atoms with E-state index in [9.17, 15) is 9.50 Å². The molecule has 1 unspecified atom stereocenters. The summed E-state index contributed by atoms with van der Waals surface area (Å²) < 4.78 is 19.9. The van der Waals surface area contributed by atoms with E-state index in [2.05, 4.69) is 17.3 Å². The highest BCUT2D eigenvalue weighted by Gasteiger charge is 2.20. The fraction of sp³-hybridized carbons (Fsp3) is 0.320. The summed E-state index contributed by atoms with van der Waals surface area (Å²) in [5.74, 6) is 0.769. The number of nitrogens with zero attached hydrogens (tertiary/aromatic N) is 2. The number of likely N-dealkylation sites (tertiary alicyclic amines) is 1. The summed E-state index contributed by atoms with van der Waals surface area (Å²) in [5.41, 5.74) is 1.94. The predicted molar refractivity (Wildman–Crippen MR) is 127 cm³/mol. The summed E-state index contributed by atoms with van der Waals surface area (Å²) in [4.78, 5) is 7.08. The lowest BCUT2D eigenvalue weighted by atomic mass is 10.0. The van der Waals surface area contributed by atoms with Gasteiger partial charge in [0, 0.05) is 29.8 Å². The second-order valence-electron chi connectivity index (χ2n) is 8.10. The van der Waals surface area contributed by atoms with E-state index in [1.54, 1.807) is 36.4 Å². The van der Waals surface area contributed by atoms with Crippen molar-refractivity contribution in [2.24, 2.45) is 0 Å². The number of benzene rings is 2. The van der Waals surface area contributed by atoms with Crippen LogP contribution < -0.4 is 10.1 Å². The maximum absolute atomic E-state index is 14.7. The molecule has 2 heterocycles. The second kappa shape index (κ2) is 9.76. The predicted octanol–water partition coefficient (Wildman–Crippen LogP) is 5.82. The standard InChI is InChI=1S/C25H27ClFN3O2/c1-30-12-4-5-17(30)10-11-28-24-14-16(25-20(26)6-3-7-21(25)27)13-22(29-24)19-9-8-18(32-2)15-23(19)31/h3,6-9,13-15,17,31H,4-5,10-12H2,1-2H3,(H,28,29). The molecule has 0 aliphatic carbocycles. The Bertz CT molecular complexity index is 1090. The number of anilines is 1. The fourth-order valence-corrected chi connectivity index (χ4v) is 4.52. The van der Waals surface area contributed by atoms with Gasteiger partial charge in [0.15, 0.2) is 0 Å². The lowest BCUT2D eigenvalue weighted by molar-refractivity contribution is 0.301. The molecule has 1 aliphatic rings. The minimum absolute atomic E-state index is 0.0344. The van der Waals surface area contributed by atoms with Gasteiger partial charge in [0.1, 0.15) is 23.1 Å². The van der Waals surface area contributed by atoms with Crippen molar-refractivity contribution in [2.45, 2.75) is 25.3 Å². The van der Waals surface area contributed by atoms with Gasteiger partial charge in [-0.15, -0.1) is 0 Å². The highest BCUT2D eigenvalue weighted by Crippen LogP contribution is 2.37. The number of aromatic hydroxyl groups is 1. The minimum atomic E-state index is -0.410. The summed E-state index contributed by atoms with van der Waals surface area (Å²) in [6.45, 7) is 1.87. The van der Waals surface area contributed by atoms with E-state index < -0.39 is 5.82 Å². The van der Waals surface area contributed by atoms with Gasteiger partial charge in [0.25, 0.3) is 0 Å². The van der Waals surface area contributed by atoms with Gasteiger partial charge in [-0.2, -0.15) is 0 Å². The van der Waals surface area contributed by atoms with Gasteiger partial charge in [0.2, 0.25) is 0 Å². The SMILES string of the molecule is COc1ccc(-c2cc(-c3c(F)cccc3Cl)cc(NCCC3CCCN3C)n2)c(O)c1. The van der Waals surface area contributed by atoms with Gasteiger partial charge in [0.05, 0.1) is 17.8 Å². The van der Waals surface area contributed by atoms with Crippen molar-refractivity contribution in [3.63, 3.8) is 0 Å². The number of methoxy groups -OCH3 is 1. The molecule has 1 aliphatic heterocycles. The Morgan fingerprint density at radius 1 is 1.25 bits per heavy atom. The van der Waals surface area contributed by atoms with Gasteiger partial charge in [-0.25, -0.2) is 9.37 Å². The molecule has 0 saturated carbocycles. The lowest BCUT2D eigenvalue weighted by Crippen LogP contribution is -2.27. The van der Waals surface area contributed by atoms with Crippen LogP contribution in [0.15, 0.2) is 48.5 Å². The Hall–Kier alpha value is -2.83. The minimum Gasteiger partial charge on any atom is -0.507 e. The van der Waals surface area contributed by atoms with E-state index in [1.807, 2.05) is 0 Å². The molecule has 32 heavy (non-hydrogen) atoms. The highest BCUT2D eigenvalue weighted by atomic mass is 35.5. The summed E-state index contributed by atoms with van der Waals surface area (Å²) in [7, 11) is 3.69. The average Bonchev–Trinajstić information content (AvgIpc) is 3.18. The van der Waals surface area contributed by atoms with Crippen molar-refractivity contribution in [1.82, 2.24) is 9.88 Å². The zero-order valence-corrected chi connectivity index (χ0v) is 19.0. The Morgan fingerprint density at radius 3 is 2.78 bits per heavy atom. The maximum atomic E-state index is 14.7. The van der Waals surface area contributed by atoms with Crippen LogP contribution in [0.2, 0.25) is 5.02 Å². The van der Waals surface area contributed by atoms with Crippen LogP contribution in [0.3, 0.4) is 0 Å². The third-order valence-corrected chi connectivity index (χ3v) is 6.33. The van der Waals surface area contributed by atoms with E-state index in [-0.39, 0.29) is 5.75 Å². The fourth-order valence-electron chi connectivity index (χ4n) is 4.24. The zero-order chi connectivity index (χ0) is 22.7. The van der Waals surface area contributed by atoms with E-state index in [1.165, 1.54) is 32.1 Å². The number of ether oxygens (including phenoxy) is 1. The first-order valence-corrected chi connectivity index (χ1v) is 11.1. The van der Waals surface area contributed by atoms with Gasteiger partial charge < -0.3 is 20.1 Å². The van der Waals surface area contributed by atoms with Crippen molar-refractivity contribution < 1.29 is 14.2 Å². The van der Waals surface area contributed by atoms with Crippen molar-refractivity contribution in [1.29, 1.82) is 0 Å². The maximum Gasteiger partial charge on any atom is 0.132 e. The lowest BCUT2D eigenvalue weighted by Gasteiger charge is -2.20. The van der Waals surface area contributed by atoms with Crippen LogP contribution in [0.5, 0.6) is 11.5 Å². The number of rotatable bonds is 7. The molecule has 3 aromatic rings.